The molecule has 4 nitrogen and oxygen atoms in total. The smallest absolute Gasteiger partial charge is 0.271 e. The lowest BCUT2D eigenvalue weighted by molar-refractivity contribution is 0.0959. The largest absolute Gasteiger partial charge is 0.354 e. The van der Waals surface area contributed by atoms with Gasteiger partial charge in [-0.15, -0.1) is 0 Å². The number of amides is 1. The number of benzene rings is 1. The van der Waals surface area contributed by atoms with Crippen LogP contribution in [0.25, 0.3) is 0 Å². The zero-order chi connectivity index (χ0) is 12.1. The highest BCUT2D eigenvalue weighted by Gasteiger charge is 2.10. The first-order chi connectivity index (χ1) is 8.31. The summed E-state index contributed by atoms with van der Waals surface area (Å²) in [6.07, 6.45) is 1.60. The molecule has 0 saturated heterocycles. The highest BCUT2D eigenvalue weighted by atomic mass is 16.1. The Labute approximate surface area is 99.7 Å². The van der Waals surface area contributed by atoms with Gasteiger partial charge in [-0.1, -0.05) is 18.2 Å². The molecule has 0 spiro atoms. The number of carbonyl (C=O) groups excluding carboxylic acids is 1. The third-order valence-electron chi connectivity index (χ3n) is 2.30. The van der Waals surface area contributed by atoms with E-state index in [1.165, 1.54) is 0 Å². The molecule has 0 radical (unpaired) electrons. The summed E-state index contributed by atoms with van der Waals surface area (Å²) in [5, 5.41) is 5.73. The SMILES string of the molecule is CNC(=O)c1ncccc1Nc1ccccc1. The van der Waals surface area contributed by atoms with Gasteiger partial charge in [0, 0.05) is 18.9 Å². The van der Waals surface area contributed by atoms with Gasteiger partial charge in [0.05, 0.1) is 5.69 Å². The summed E-state index contributed by atoms with van der Waals surface area (Å²) in [6.45, 7) is 0. The Bertz CT molecular complexity index is 511. The van der Waals surface area contributed by atoms with Crippen LogP contribution in [-0.2, 0) is 0 Å². The van der Waals surface area contributed by atoms with Crippen molar-refractivity contribution in [3.05, 3.63) is 54.4 Å². The van der Waals surface area contributed by atoms with E-state index in [-0.39, 0.29) is 5.91 Å². The number of anilines is 2. The number of hydrogen-bond acceptors (Lipinski definition) is 3. The van der Waals surface area contributed by atoms with Crippen LogP contribution < -0.4 is 10.6 Å². The summed E-state index contributed by atoms with van der Waals surface area (Å²) >= 11 is 0. The standard InChI is InChI=1S/C13H13N3O/c1-14-13(17)12-11(8-5-9-15-12)16-10-6-3-2-4-7-10/h2-9,16H,1H3,(H,14,17). The fourth-order valence-electron chi connectivity index (χ4n) is 1.48. The lowest BCUT2D eigenvalue weighted by Crippen LogP contribution is -2.20. The Morgan fingerprint density at radius 1 is 1.12 bits per heavy atom. The van der Waals surface area contributed by atoms with Crippen molar-refractivity contribution in [2.24, 2.45) is 0 Å². The van der Waals surface area contributed by atoms with E-state index in [0.29, 0.717) is 11.4 Å². The molecule has 1 amide bonds. The maximum absolute atomic E-state index is 11.6. The van der Waals surface area contributed by atoms with E-state index in [4.69, 9.17) is 0 Å². The highest BCUT2D eigenvalue weighted by molar-refractivity contribution is 5.98. The van der Waals surface area contributed by atoms with Crippen LogP contribution in [0.5, 0.6) is 0 Å². The zero-order valence-corrected chi connectivity index (χ0v) is 9.47. The zero-order valence-electron chi connectivity index (χ0n) is 9.47. The topological polar surface area (TPSA) is 54.0 Å². The van der Waals surface area contributed by atoms with Crippen LogP contribution >= 0.6 is 0 Å². The quantitative estimate of drug-likeness (QED) is 0.845. The van der Waals surface area contributed by atoms with Crippen molar-refractivity contribution in [1.29, 1.82) is 0 Å². The molecule has 0 aliphatic rings. The molecule has 1 aromatic carbocycles. The molecule has 0 atom stereocenters. The molecule has 17 heavy (non-hydrogen) atoms. The van der Waals surface area contributed by atoms with Gasteiger partial charge in [0.1, 0.15) is 0 Å². The highest BCUT2D eigenvalue weighted by Crippen LogP contribution is 2.18. The summed E-state index contributed by atoms with van der Waals surface area (Å²) in [5.74, 6) is -0.205. The Kier molecular flexibility index (Phi) is 3.35. The molecule has 2 N–H and O–H groups in total. The van der Waals surface area contributed by atoms with Crippen LogP contribution in [0.2, 0.25) is 0 Å². The minimum atomic E-state index is -0.205. The average molecular weight is 227 g/mol. The van der Waals surface area contributed by atoms with Crippen molar-refractivity contribution in [2.75, 3.05) is 12.4 Å². The molecular weight excluding hydrogens is 214 g/mol. The molecular formula is C13H13N3O. The molecule has 0 fully saturated rings. The van der Waals surface area contributed by atoms with Gasteiger partial charge in [-0.3, -0.25) is 4.79 Å². The van der Waals surface area contributed by atoms with Crippen LogP contribution in [0.15, 0.2) is 48.7 Å². The van der Waals surface area contributed by atoms with E-state index in [1.54, 1.807) is 19.3 Å². The van der Waals surface area contributed by atoms with Gasteiger partial charge < -0.3 is 10.6 Å². The van der Waals surface area contributed by atoms with Crippen molar-refractivity contribution in [3.8, 4) is 0 Å². The molecule has 2 rings (SSSR count). The first kappa shape index (κ1) is 11.1. The van der Waals surface area contributed by atoms with Gasteiger partial charge in [0.2, 0.25) is 0 Å². The van der Waals surface area contributed by atoms with Gasteiger partial charge in [0.15, 0.2) is 5.69 Å². The van der Waals surface area contributed by atoms with Crippen molar-refractivity contribution in [3.63, 3.8) is 0 Å². The third-order valence-corrected chi connectivity index (χ3v) is 2.30. The number of carbonyl (C=O) groups is 1. The number of hydrogen-bond donors (Lipinski definition) is 2. The monoisotopic (exact) mass is 227 g/mol. The van der Waals surface area contributed by atoms with Crippen molar-refractivity contribution < 1.29 is 4.79 Å². The maximum atomic E-state index is 11.6. The lowest BCUT2D eigenvalue weighted by Gasteiger charge is -2.09. The van der Waals surface area contributed by atoms with Crippen LogP contribution in [0.1, 0.15) is 10.5 Å². The fourth-order valence-corrected chi connectivity index (χ4v) is 1.48. The summed E-state index contributed by atoms with van der Waals surface area (Å²) in [7, 11) is 1.59. The molecule has 4 heteroatoms. The number of nitrogens with zero attached hydrogens (tertiary/aromatic N) is 1. The van der Waals surface area contributed by atoms with Gasteiger partial charge in [-0.25, -0.2) is 4.98 Å². The van der Waals surface area contributed by atoms with Crippen LogP contribution in [-0.4, -0.2) is 17.9 Å². The Morgan fingerprint density at radius 3 is 2.59 bits per heavy atom. The maximum Gasteiger partial charge on any atom is 0.271 e. The predicted molar refractivity (Wildman–Crippen MR) is 67.4 cm³/mol. The van der Waals surface area contributed by atoms with E-state index in [9.17, 15) is 4.79 Å². The minimum Gasteiger partial charge on any atom is -0.354 e. The second kappa shape index (κ2) is 5.12. The molecule has 0 aliphatic carbocycles. The van der Waals surface area contributed by atoms with E-state index in [1.807, 2.05) is 36.4 Å². The number of rotatable bonds is 3. The van der Waals surface area contributed by atoms with Gasteiger partial charge in [0.25, 0.3) is 5.91 Å². The van der Waals surface area contributed by atoms with Crippen molar-refractivity contribution in [1.82, 2.24) is 10.3 Å². The van der Waals surface area contributed by atoms with Gasteiger partial charge in [-0.2, -0.15) is 0 Å². The fraction of sp³-hybridized carbons (Fsp3) is 0.0769. The van der Waals surface area contributed by atoms with Crippen molar-refractivity contribution in [2.45, 2.75) is 0 Å². The first-order valence-electron chi connectivity index (χ1n) is 5.30. The molecule has 1 aromatic heterocycles. The number of nitrogens with one attached hydrogen (secondary N) is 2. The van der Waals surface area contributed by atoms with E-state index < -0.39 is 0 Å². The molecule has 0 bridgehead atoms. The van der Waals surface area contributed by atoms with Crippen LogP contribution in [0, 0.1) is 0 Å². The van der Waals surface area contributed by atoms with E-state index >= 15 is 0 Å². The summed E-state index contributed by atoms with van der Waals surface area (Å²) in [4.78, 5) is 15.7. The molecule has 0 unspecified atom stereocenters. The molecule has 0 saturated carbocycles. The van der Waals surface area contributed by atoms with Crippen molar-refractivity contribution >= 4 is 17.3 Å². The molecule has 1 heterocycles. The molecule has 2 aromatic rings. The summed E-state index contributed by atoms with van der Waals surface area (Å²) < 4.78 is 0. The lowest BCUT2D eigenvalue weighted by atomic mass is 10.2. The van der Waals surface area contributed by atoms with Crippen LogP contribution in [0.3, 0.4) is 0 Å². The van der Waals surface area contributed by atoms with E-state index in [0.717, 1.165) is 5.69 Å². The number of aromatic nitrogens is 1. The third kappa shape index (κ3) is 2.60. The minimum absolute atomic E-state index is 0.205. The summed E-state index contributed by atoms with van der Waals surface area (Å²) in [6, 6.07) is 13.3. The molecule has 0 aliphatic heterocycles. The Morgan fingerprint density at radius 2 is 1.88 bits per heavy atom. The van der Waals surface area contributed by atoms with E-state index in [2.05, 4.69) is 15.6 Å². The van der Waals surface area contributed by atoms with Gasteiger partial charge in [-0.05, 0) is 24.3 Å². The predicted octanol–water partition coefficient (Wildman–Crippen LogP) is 2.18. The van der Waals surface area contributed by atoms with Crippen LogP contribution in [0.4, 0.5) is 11.4 Å². The summed E-state index contributed by atoms with van der Waals surface area (Å²) in [5.41, 5.74) is 2.00. The average Bonchev–Trinajstić information content (AvgIpc) is 2.40. The second-order valence-corrected chi connectivity index (χ2v) is 3.47. The Hall–Kier alpha value is -2.36. The second-order valence-electron chi connectivity index (χ2n) is 3.47. The number of pyridine rings is 1. The number of para-hydroxylation sites is 1. The Balaban J connectivity index is 2.30. The molecule has 86 valence electrons. The normalized spacial score (nSPS) is 9.71. The van der Waals surface area contributed by atoms with Gasteiger partial charge >= 0.3 is 0 Å². The first-order valence-corrected chi connectivity index (χ1v) is 5.30.